The van der Waals surface area contributed by atoms with Crippen molar-refractivity contribution >= 4 is 0 Å². The van der Waals surface area contributed by atoms with Crippen LogP contribution in [0.2, 0.25) is 0 Å². The first-order valence-corrected chi connectivity index (χ1v) is 14.4. The summed E-state index contributed by atoms with van der Waals surface area (Å²) in [7, 11) is 0. The quantitative estimate of drug-likeness (QED) is 0.426. The van der Waals surface area contributed by atoms with Crippen molar-refractivity contribution < 1.29 is 5.11 Å². The fraction of sp³-hybridized carbons (Fsp3) is 0.935. The molecule has 0 aromatic heterocycles. The SMILES string of the molecule is CC[C@H](/C=C/[C@@H](C)[C@H]1CC[C@@]2(C)[C@@H]3CC[C@H]4[C@H](C)[C@@H](O)CC[C@@]45C[C@@]35CC[C@]12C)C(C)C. The summed E-state index contributed by atoms with van der Waals surface area (Å²) in [6, 6.07) is 0. The van der Waals surface area contributed by atoms with Crippen LogP contribution in [0.5, 0.6) is 0 Å². The van der Waals surface area contributed by atoms with Gasteiger partial charge in [-0.15, -0.1) is 0 Å². The highest BCUT2D eigenvalue weighted by molar-refractivity contribution is 5.29. The first kappa shape index (κ1) is 23.4. The third-order valence-electron chi connectivity index (χ3n) is 13.3. The molecule has 32 heavy (non-hydrogen) atoms. The first-order valence-electron chi connectivity index (χ1n) is 14.4. The largest absolute Gasteiger partial charge is 0.393 e. The average molecular weight is 441 g/mol. The topological polar surface area (TPSA) is 20.2 Å². The summed E-state index contributed by atoms with van der Waals surface area (Å²) in [6.07, 6.45) is 19.0. The molecule has 0 bridgehead atoms. The van der Waals surface area contributed by atoms with Gasteiger partial charge >= 0.3 is 0 Å². The van der Waals surface area contributed by atoms with Gasteiger partial charge in [-0.2, -0.15) is 0 Å². The van der Waals surface area contributed by atoms with Gasteiger partial charge in [-0.1, -0.05) is 60.6 Å². The van der Waals surface area contributed by atoms with Crippen molar-refractivity contribution in [3.63, 3.8) is 0 Å². The second-order valence-electron chi connectivity index (χ2n) is 14.2. The van der Waals surface area contributed by atoms with Crippen molar-refractivity contribution in [2.45, 2.75) is 119 Å². The zero-order valence-corrected chi connectivity index (χ0v) is 22.3. The molecular formula is C31H52O. The fourth-order valence-corrected chi connectivity index (χ4v) is 11.2. The predicted octanol–water partition coefficient (Wildman–Crippen LogP) is 8.27. The van der Waals surface area contributed by atoms with E-state index >= 15 is 0 Å². The predicted molar refractivity (Wildman–Crippen MR) is 135 cm³/mol. The lowest BCUT2D eigenvalue weighted by Crippen LogP contribution is -2.55. The molecule has 0 saturated heterocycles. The van der Waals surface area contributed by atoms with E-state index in [-0.39, 0.29) is 6.10 Å². The molecule has 11 atom stereocenters. The molecule has 2 spiro atoms. The van der Waals surface area contributed by atoms with Crippen LogP contribution in [0.4, 0.5) is 0 Å². The molecule has 5 saturated carbocycles. The van der Waals surface area contributed by atoms with E-state index in [2.05, 4.69) is 60.6 Å². The Labute approximate surface area is 199 Å². The van der Waals surface area contributed by atoms with Crippen LogP contribution in [0.3, 0.4) is 0 Å². The molecule has 0 aromatic carbocycles. The average Bonchev–Trinajstić information content (AvgIpc) is 3.33. The number of allylic oxidation sites excluding steroid dienone is 2. The second kappa shape index (κ2) is 7.60. The van der Waals surface area contributed by atoms with Gasteiger partial charge < -0.3 is 5.11 Å². The smallest absolute Gasteiger partial charge is 0.0568 e. The Kier molecular flexibility index (Phi) is 5.57. The molecule has 0 unspecified atom stereocenters. The van der Waals surface area contributed by atoms with Crippen LogP contribution in [-0.2, 0) is 0 Å². The van der Waals surface area contributed by atoms with Gasteiger partial charge in [0.1, 0.15) is 0 Å². The fourth-order valence-electron chi connectivity index (χ4n) is 11.2. The van der Waals surface area contributed by atoms with E-state index in [1.807, 2.05) is 0 Å². The van der Waals surface area contributed by atoms with Gasteiger partial charge in [0.2, 0.25) is 0 Å². The summed E-state index contributed by atoms with van der Waals surface area (Å²) in [5.41, 5.74) is 2.27. The number of rotatable bonds is 5. The Balaban J connectivity index is 1.39. The lowest BCUT2D eigenvalue weighted by molar-refractivity contribution is -0.141. The maximum atomic E-state index is 10.6. The highest BCUT2D eigenvalue weighted by atomic mass is 16.3. The highest BCUT2D eigenvalue weighted by Crippen LogP contribution is 2.88. The van der Waals surface area contributed by atoms with Crippen LogP contribution in [0.1, 0.15) is 113 Å². The van der Waals surface area contributed by atoms with Crippen molar-refractivity contribution in [1.29, 1.82) is 0 Å². The number of hydrogen-bond acceptors (Lipinski definition) is 1. The molecular weight excluding hydrogens is 388 g/mol. The molecule has 5 aliphatic rings. The van der Waals surface area contributed by atoms with E-state index in [9.17, 15) is 5.11 Å². The van der Waals surface area contributed by atoms with Crippen molar-refractivity contribution in [3.8, 4) is 0 Å². The molecule has 5 rings (SSSR count). The Morgan fingerprint density at radius 2 is 1.62 bits per heavy atom. The Bertz CT molecular complexity index is 754. The number of fused-ring (bicyclic) bond motifs is 2. The molecule has 0 aliphatic heterocycles. The zero-order valence-electron chi connectivity index (χ0n) is 22.3. The molecule has 0 amide bonds. The van der Waals surface area contributed by atoms with Gasteiger partial charge in [0.25, 0.3) is 0 Å². The van der Waals surface area contributed by atoms with Gasteiger partial charge in [-0.05, 0) is 127 Å². The van der Waals surface area contributed by atoms with Gasteiger partial charge in [0, 0.05) is 0 Å². The van der Waals surface area contributed by atoms with Crippen LogP contribution in [0.25, 0.3) is 0 Å². The van der Waals surface area contributed by atoms with Crippen LogP contribution in [-0.4, -0.2) is 11.2 Å². The van der Waals surface area contributed by atoms with E-state index in [1.54, 1.807) is 0 Å². The van der Waals surface area contributed by atoms with Crippen LogP contribution < -0.4 is 0 Å². The first-order chi connectivity index (χ1) is 15.1. The van der Waals surface area contributed by atoms with E-state index < -0.39 is 0 Å². The Morgan fingerprint density at radius 3 is 2.31 bits per heavy atom. The van der Waals surface area contributed by atoms with Crippen LogP contribution in [0.15, 0.2) is 12.2 Å². The van der Waals surface area contributed by atoms with Gasteiger partial charge in [0.15, 0.2) is 0 Å². The van der Waals surface area contributed by atoms with Crippen LogP contribution >= 0.6 is 0 Å². The summed E-state index contributed by atoms with van der Waals surface area (Å²) in [6.45, 7) is 17.5. The lowest BCUT2D eigenvalue weighted by atomic mass is 9.43. The van der Waals surface area contributed by atoms with Crippen molar-refractivity contribution in [3.05, 3.63) is 12.2 Å². The molecule has 0 radical (unpaired) electrons. The summed E-state index contributed by atoms with van der Waals surface area (Å²) in [5.74, 6) is 5.31. The highest BCUT2D eigenvalue weighted by Gasteiger charge is 2.81. The molecule has 1 N–H and O–H groups in total. The minimum atomic E-state index is -0.0365. The zero-order chi connectivity index (χ0) is 23.1. The molecule has 182 valence electrons. The summed E-state index contributed by atoms with van der Waals surface area (Å²) in [5, 5.41) is 10.6. The minimum absolute atomic E-state index is 0.0365. The molecule has 5 aliphatic carbocycles. The standard InChI is InChI=1S/C31H52O/c1-8-23(20(2)3)10-9-21(4)24-13-15-29(7)27-12-11-25-22(5)26(32)14-16-30(25)19-31(27,30)18-17-28(24,29)6/h9-10,20-27,32H,8,11-19H2,1-7H3/b10-9+/t21-,22+,23-,24-,25+,26+,27+,28-,29+,30-,31+/m1/s1. The van der Waals surface area contributed by atoms with Crippen molar-refractivity contribution in [1.82, 2.24) is 0 Å². The third kappa shape index (κ3) is 2.85. The summed E-state index contributed by atoms with van der Waals surface area (Å²) in [4.78, 5) is 0. The third-order valence-corrected chi connectivity index (χ3v) is 13.3. The molecule has 0 aromatic rings. The monoisotopic (exact) mass is 440 g/mol. The Morgan fingerprint density at radius 1 is 0.875 bits per heavy atom. The van der Waals surface area contributed by atoms with Crippen molar-refractivity contribution in [2.75, 3.05) is 0 Å². The van der Waals surface area contributed by atoms with Gasteiger partial charge in [0.05, 0.1) is 6.10 Å². The normalized spacial score (nSPS) is 54.0. The molecule has 1 nitrogen and oxygen atoms in total. The van der Waals surface area contributed by atoms with E-state index in [4.69, 9.17) is 0 Å². The van der Waals surface area contributed by atoms with E-state index in [1.165, 1.54) is 57.8 Å². The summed E-state index contributed by atoms with van der Waals surface area (Å²) < 4.78 is 0. The van der Waals surface area contributed by atoms with E-state index in [0.29, 0.717) is 33.5 Å². The van der Waals surface area contributed by atoms with Crippen molar-refractivity contribution in [2.24, 2.45) is 63.1 Å². The second-order valence-corrected chi connectivity index (χ2v) is 14.2. The van der Waals surface area contributed by atoms with Gasteiger partial charge in [-0.3, -0.25) is 0 Å². The molecule has 5 fully saturated rings. The number of aliphatic hydroxyl groups excluding tert-OH is 1. The number of aliphatic hydroxyl groups is 1. The van der Waals surface area contributed by atoms with E-state index in [0.717, 1.165) is 36.0 Å². The lowest BCUT2D eigenvalue weighted by Gasteiger charge is -2.62. The molecule has 1 heteroatoms. The summed E-state index contributed by atoms with van der Waals surface area (Å²) >= 11 is 0. The Hall–Kier alpha value is -0.300. The van der Waals surface area contributed by atoms with Gasteiger partial charge in [-0.25, -0.2) is 0 Å². The minimum Gasteiger partial charge on any atom is -0.393 e. The maximum absolute atomic E-state index is 10.6. The maximum Gasteiger partial charge on any atom is 0.0568 e. The number of hydrogen-bond donors (Lipinski definition) is 1. The van der Waals surface area contributed by atoms with Crippen LogP contribution in [0, 0.1) is 63.1 Å². The molecule has 0 heterocycles.